The minimum Gasteiger partial charge on any atom is -0.366 e. The Morgan fingerprint density at radius 2 is 1.86 bits per heavy atom. The number of carbonyl (C=O) groups is 2. The molecule has 1 N–H and O–H groups in total. The van der Waals surface area contributed by atoms with E-state index in [0.717, 1.165) is 0 Å². The van der Waals surface area contributed by atoms with Gasteiger partial charge >= 0.3 is 6.03 Å². The molecule has 1 aliphatic heterocycles. The number of anilines is 1. The summed E-state index contributed by atoms with van der Waals surface area (Å²) in [6.07, 6.45) is 0. The van der Waals surface area contributed by atoms with Crippen LogP contribution in [0.5, 0.6) is 0 Å². The van der Waals surface area contributed by atoms with E-state index < -0.39 is 17.3 Å². The van der Waals surface area contributed by atoms with Gasteiger partial charge in [0, 0.05) is 26.2 Å². The van der Waals surface area contributed by atoms with Gasteiger partial charge in [-0.25, -0.2) is 9.18 Å². The number of imide groups is 1. The fourth-order valence-electron chi connectivity index (χ4n) is 2.14. The molecule has 0 aromatic heterocycles. The zero-order chi connectivity index (χ0) is 15.4. The van der Waals surface area contributed by atoms with Crippen molar-refractivity contribution in [1.29, 1.82) is 0 Å². The van der Waals surface area contributed by atoms with E-state index in [0.29, 0.717) is 31.9 Å². The average molecular weight is 314 g/mol. The van der Waals surface area contributed by atoms with Crippen molar-refractivity contribution in [2.75, 3.05) is 31.1 Å². The molecule has 1 saturated heterocycles. The monoisotopic (exact) mass is 313 g/mol. The molecule has 1 aromatic carbocycles. The molecule has 0 aliphatic carbocycles. The third kappa shape index (κ3) is 3.85. The molecule has 1 aliphatic rings. The number of carbonyl (C=O) groups excluding carboxylic acids is 2. The molecule has 7 heteroatoms. The summed E-state index contributed by atoms with van der Waals surface area (Å²) in [5, 5.41) is 1.48. The molecule has 0 bridgehead atoms. The summed E-state index contributed by atoms with van der Waals surface area (Å²) >= 11 is 5.60. The number of alkyl halides is 1. The number of nitrogens with zero attached hydrogens (tertiary/aromatic N) is 2. The van der Waals surface area contributed by atoms with Crippen LogP contribution < -0.4 is 10.2 Å². The number of para-hydroxylation sites is 1. The van der Waals surface area contributed by atoms with Gasteiger partial charge in [0.1, 0.15) is 11.2 Å². The zero-order valence-corrected chi connectivity index (χ0v) is 12.4. The van der Waals surface area contributed by atoms with Crippen LogP contribution >= 0.6 is 11.6 Å². The number of amides is 3. The highest BCUT2D eigenvalue weighted by atomic mass is 35.5. The number of urea groups is 1. The van der Waals surface area contributed by atoms with E-state index in [4.69, 9.17) is 11.6 Å². The van der Waals surface area contributed by atoms with Crippen molar-refractivity contribution in [3.05, 3.63) is 30.1 Å². The first-order valence-electron chi connectivity index (χ1n) is 6.72. The first kappa shape index (κ1) is 15.6. The summed E-state index contributed by atoms with van der Waals surface area (Å²) in [5.41, 5.74) is 0.531. The minimum absolute atomic E-state index is 0.276. The molecule has 5 nitrogen and oxygen atoms in total. The molecule has 0 spiro atoms. The fraction of sp³-hybridized carbons (Fsp3) is 0.429. The highest BCUT2D eigenvalue weighted by Crippen LogP contribution is 2.20. The largest absolute Gasteiger partial charge is 0.366 e. The van der Waals surface area contributed by atoms with Crippen molar-refractivity contribution in [2.24, 2.45) is 0 Å². The molecular weight excluding hydrogens is 297 g/mol. The van der Waals surface area contributed by atoms with E-state index >= 15 is 0 Å². The third-order valence-electron chi connectivity index (χ3n) is 3.35. The molecule has 1 atom stereocenters. The Hall–Kier alpha value is -1.82. The summed E-state index contributed by atoms with van der Waals surface area (Å²) in [7, 11) is 0. The summed E-state index contributed by atoms with van der Waals surface area (Å²) in [4.78, 5) is 26.6. The van der Waals surface area contributed by atoms with Gasteiger partial charge in [-0.3, -0.25) is 10.1 Å². The van der Waals surface area contributed by atoms with E-state index in [1.54, 1.807) is 18.2 Å². The summed E-state index contributed by atoms with van der Waals surface area (Å²) in [5.74, 6) is -0.792. The lowest BCUT2D eigenvalue weighted by molar-refractivity contribution is -0.119. The fourth-order valence-corrected chi connectivity index (χ4v) is 2.20. The lowest BCUT2D eigenvalue weighted by atomic mass is 10.2. The minimum atomic E-state index is -0.756. The number of rotatable bonds is 2. The van der Waals surface area contributed by atoms with Crippen molar-refractivity contribution in [1.82, 2.24) is 10.2 Å². The SMILES string of the molecule is CC(Cl)C(=O)NC(=O)N1CCN(c2ccccc2F)CC1. The van der Waals surface area contributed by atoms with Crippen LogP contribution in [0.2, 0.25) is 0 Å². The predicted molar refractivity (Wildman–Crippen MR) is 79.0 cm³/mol. The van der Waals surface area contributed by atoms with Gasteiger partial charge < -0.3 is 9.80 Å². The van der Waals surface area contributed by atoms with E-state index in [1.807, 2.05) is 4.90 Å². The van der Waals surface area contributed by atoms with Gasteiger partial charge in [0.25, 0.3) is 0 Å². The molecule has 0 radical (unpaired) electrons. The maximum absolute atomic E-state index is 13.7. The van der Waals surface area contributed by atoms with Gasteiger partial charge in [-0.15, -0.1) is 11.6 Å². The van der Waals surface area contributed by atoms with Crippen LogP contribution in [0.25, 0.3) is 0 Å². The average Bonchev–Trinajstić information content (AvgIpc) is 2.47. The molecule has 0 saturated carbocycles. The summed E-state index contributed by atoms with van der Waals surface area (Å²) in [6.45, 7) is 3.37. The first-order chi connectivity index (χ1) is 9.99. The van der Waals surface area contributed by atoms with Gasteiger partial charge in [-0.05, 0) is 19.1 Å². The molecule has 3 amide bonds. The van der Waals surface area contributed by atoms with Gasteiger partial charge in [0.05, 0.1) is 5.69 Å². The normalized spacial score (nSPS) is 16.5. The Kier molecular flexibility index (Phi) is 5.01. The molecule has 1 aromatic rings. The Labute approximate surface area is 127 Å². The molecule has 2 rings (SSSR count). The molecule has 1 fully saturated rings. The maximum atomic E-state index is 13.7. The standard InChI is InChI=1S/C14H17ClFN3O2/c1-10(15)13(20)17-14(21)19-8-6-18(7-9-19)12-5-3-2-4-11(12)16/h2-5,10H,6-9H2,1H3,(H,17,20,21). The number of halogens is 2. The Balaban J connectivity index is 1.90. The molecular formula is C14H17ClFN3O2. The van der Waals surface area contributed by atoms with Gasteiger partial charge in [-0.2, -0.15) is 0 Å². The van der Waals surface area contributed by atoms with E-state index in [-0.39, 0.29) is 5.82 Å². The number of nitrogens with one attached hydrogen (secondary N) is 1. The number of piperazine rings is 1. The van der Waals surface area contributed by atoms with Crippen molar-refractivity contribution in [2.45, 2.75) is 12.3 Å². The van der Waals surface area contributed by atoms with Crippen LogP contribution in [0.1, 0.15) is 6.92 Å². The van der Waals surface area contributed by atoms with Crippen molar-refractivity contribution in [3.63, 3.8) is 0 Å². The van der Waals surface area contributed by atoms with Crippen LogP contribution in [-0.4, -0.2) is 48.4 Å². The van der Waals surface area contributed by atoms with Crippen molar-refractivity contribution < 1.29 is 14.0 Å². The third-order valence-corrected chi connectivity index (χ3v) is 3.55. The van der Waals surface area contributed by atoms with Crippen LogP contribution in [0, 0.1) is 5.82 Å². The zero-order valence-electron chi connectivity index (χ0n) is 11.7. The van der Waals surface area contributed by atoms with Crippen LogP contribution in [0.3, 0.4) is 0 Å². The Bertz CT molecular complexity index is 531. The quantitative estimate of drug-likeness (QED) is 0.847. The molecule has 1 unspecified atom stereocenters. The van der Waals surface area contributed by atoms with Gasteiger partial charge in [0.2, 0.25) is 5.91 Å². The van der Waals surface area contributed by atoms with E-state index in [2.05, 4.69) is 5.32 Å². The van der Waals surface area contributed by atoms with E-state index in [1.165, 1.54) is 17.9 Å². The van der Waals surface area contributed by atoms with Crippen molar-refractivity contribution >= 4 is 29.2 Å². The lowest BCUT2D eigenvalue weighted by Gasteiger charge is -2.36. The first-order valence-corrected chi connectivity index (χ1v) is 7.16. The Morgan fingerprint density at radius 3 is 2.43 bits per heavy atom. The topological polar surface area (TPSA) is 52.7 Å². The van der Waals surface area contributed by atoms with Crippen LogP contribution in [-0.2, 0) is 4.79 Å². The van der Waals surface area contributed by atoms with Crippen molar-refractivity contribution in [3.8, 4) is 0 Å². The lowest BCUT2D eigenvalue weighted by Crippen LogP contribution is -2.53. The van der Waals surface area contributed by atoms with Crippen LogP contribution in [0.4, 0.5) is 14.9 Å². The molecule has 21 heavy (non-hydrogen) atoms. The second kappa shape index (κ2) is 6.76. The second-order valence-electron chi connectivity index (χ2n) is 4.84. The Morgan fingerprint density at radius 1 is 1.24 bits per heavy atom. The molecule has 1 heterocycles. The van der Waals surface area contributed by atoms with Gasteiger partial charge in [-0.1, -0.05) is 12.1 Å². The van der Waals surface area contributed by atoms with Crippen LogP contribution in [0.15, 0.2) is 24.3 Å². The predicted octanol–water partition coefficient (Wildman–Crippen LogP) is 1.81. The summed E-state index contributed by atoms with van der Waals surface area (Å²) in [6, 6.07) is 6.08. The number of hydrogen-bond acceptors (Lipinski definition) is 3. The summed E-state index contributed by atoms with van der Waals surface area (Å²) < 4.78 is 13.7. The maximum Gasteiger partial charge on any atom is 0.324 e. The smallest absolute Gasteiger partial charge is 0.324 e. The van der Waals surface area contributed by atoms with E-state index in [9.17, 15) is 14.0 Å². The molecule has 114 valence electrons. The van der Waals surface area contributed by atoms with Gasteiger partial charge in [0.15, 0.2) is 0 Å². The highest BCUT2D eigenvalue weighted by molar-refractivity contribution is 6.31. The number of hydrogen-bond donors (Lipinski definition) is 1. The highest BCUT2D eigenvalue weighted by Gasteiger charge is 2.24. The second-order valence-corrected chi connectivity index (χ2v) is 5.49. The number of benzene rings is 1.